The summed E-state index contributed by atoms with van der Waals surface area (Å²) in [4.78, 5) is 6.41. The summed E-state index contributed by atoms with van der Waals surface area (Å²) in [6.07, 6.45) is 25.3. The standard InChI is InChI=1S/C47H53ClN2/c1-7-9-32-49-42(46(3,4)40-25-17-20-34-18-12-11-13-23-38(34)40)30-27-36-21-16-22-37(45(36)48)28-31-43-47(5,6)44-39-24-15-14-19-35(39)26-29-41(44)50(43)33-10-8-2/h11-15,17,19-20,23-31H,7-10,16,21-22,32-33H2,1-6H3/p+1/b30-27+,37-28+,43-31+,49-42?. The maximum Gasteiger partial charge on any atom is 0.184 e. The summed E-state index contributed by atoms with van der Waals surface area (Å²) in [5.74, 6) is 0. The minimum absolute atomic E-state index is 0.120. The van der Waals surface area contributed by atoms with Crippen molar-refractivity contribution in [3.05, 3.63) is 141 Å². The van der Waals surface area contributed by atoms with Crippen LogP contribution in [0.2, 0.25) is 0 Å². The van der Waals surface area contributed by atoms with Gasteiger partial charge in [0.2, 0.25) is 0 Å². The van der Waals surface area contributed by atoms with E-state index in [1.54, 1.807) is 0 Å². The molecular weight excluding hydrogens is 628 g/mol. The molecule has 0 bridgehead atoms. The molecule has 3 aromatic carbocycles. The van der Waals surface area contributed by atoms with E-state index in [4.69, 9.17) is 11.6 Å². The Labute approximate surface area is 305 Å². The molecule has 1 heterocycles. The summed E-state index contributed by atoms with van der Waals surface area (Å²) in [5.41, 5.74) is 12.2. The average Bonchev–Trinajstić information content (AvgIpc) is 3.23. The van der Waals surface area contributed by atoms with E-state index in [-0.39, 0.29) is 10.8 Å². The molecule has 0 saturated carbocycles. The normalized spacial score (nSPS) is 18.9. The summed E-state index contributed by atoms with van der Waals surface area (Å²) in [5, 5.41) is 5.93. The number of fused-ring (bicyclic) bond motifs is 4. The van der Waals surface area contributed by atoms with Gasteiger partial charge in [0.05, 0.1) is 5.41 Å². The van der Waals surface area contributed by atoms with Crippen molar-refractivity contribution in [2.45, 2.75) is 97.3 Å². The number of benzene rings is 3. The quantitative estimate of drug-likeness (QED) is 0.158. The third kappa shape index (κ3) is 7.07. The molecule has 258 valence electrons. The second-order valence-corrected chi connectivity index (χ2v) is 15.4. The minimum Gasteiger partial charge on any atom is -0.344 e. The Morgan fingerprint density at radius 2 is 1.78 bits per heavy atom. The van der Waals surface area contributed by atoms with Crippen LogP contribution in [-0.2, 0) is 10.8 Å². The summed E-state index contributed by atoms with van der Waals surface area (Å²) < 4.78 is 0. The van der Waals surface area contributed by atoms with Crippen LogP contribution in [0.25, 0.3) is 22.6 Å². The van der Waals surface area contributed by atoms with E-state index in [0.717, 1.165) is 61.9 Å². The highest BCUT2D eigenvalue weighted by molar-refractivity contribution is 6.32. The number of unbranched alkanes of at least 4 members (excludes halogenated alkanes) is 2. The van der Waals surface area contributed by atoms with Gasteiger partial charge in [-0.1, -0.05) is 125 Å². The van der Waals surface area contributed by atoms with Crippen molar-refractivity contribution in [1.29, 1.82) is 0 Å². The number of halogens is 1. The van der Waals surface area contributed by atoms with Crippen LogP contribution >= 0.6 is 11.6 Å². The lowest BCUT2D eigenvalue weighted by Crippen LogP contribution is -2.76. The van der Waals surface area contributed by atoms with Gasteiger partial charge in [-0.15, -0.1) is 5.73 Å². The fourth-order valence-electron chi connectivity index (χ4n) is 7.96. The van der Waals surface area contributed by atoms with E-state index in [0.29, 0.717) is 0 Å². The van der Waals surface area contributed by atoms with Crippen molar-refractivity contribution in [2.75, 3.05) is 18.0 Å². The smallest absolute Gasteiger partial charge is 0.184 e. The van der Waals surface area contributed by atoms with Crippen LogP contribution in [0.5, 0.6) is 0 Å². The molecule has 0 aromatic heterocycles. The van der Waals surface area contributed by atoms with Gasteiger partial charge < -0.3 is 4.90 Å². The third-order valence-electron chi connectivity index (χ3n) is 10.8. The molecule has 1 aliphatic heterocycles. The molecule has 2 nitrogen and oxygen atoms in total. The Morgan fingerprint density at radius 3 is 2.60 bits per heavy atom. The van der Waals surface area contributed by atoms with E-state index in [1.807, 2.05) is 6.08 Å². The van der Waals surface area contributed by atoms with Crippen LogP contribution in [0.15, 0.2) is 119 Å². The highest BCUT2D eigenvalue weighted by Gasteiger charge is 2.41. The highest BCUT2D eigenvalue weighted by Crippen LogP contribution is 2.51. The number of allylic oxidation sites excluding steroid dienone is 11. The second kappa shape index (κ2) is 15.4. The van der Waals surface area contributed by atoms with Gasteiger partial charge in [-0.05, 0) is 102 Å². The molecule has 50 heavy (non-hydrogen) atoms. The molecule has 1 N–H and O–H groups in total. The fourth-order valence-corrected chi connectivity index (χ4v) is 8.27. The molecule has 2 aliphatic carbocycles. The maximum atomic E-state index is 7.31. The second-order valence-electron chi connectivity index (χ2n) is 15.0. The fraction of sp³-hybridized carbons (Fsp3) is 0.362. The first-order valence-electron chi connectivity index (χ1n) is 18.8. The molecule has 3 aliphatic rings. The number of hydrogen-bond donors (Lipinski definition) is 1. The molecular formula is C47H54ClN2+. The van der Waals surface area contributed by atoms with Crippen molar-refractivity contribution in [1.82, 2.24) is 0 Å². The Balaban J connectivity index is 1.37. The molecule has 0 atom stereocenters. The maximum absolute atomic E-state index is 7.31. The third-order valence-corrected chi connectivity index (χ3v) is 11.3. The predicted molar refractivity (Wildman–Crippen MR) is 217 cm³/mol. The first-order valence-corrected chi connectivity index (χ1v) is 19.2. The number of nitrogens with zero attached hydrogens (tertiary/aromatic N) is 1. The van der Waals surface area contributed by atoms with Crippen LogP contribution in [-0.4, -0.2) is 18.8 Å². The van der Waals surface area contributed by atoms with E-state index in [9.17, 15) is 0 Å². The number of hydrogen-bond acceptors (Lipinski definition) is 1. The topological polar surface area (TPSA) is 17.2 Å². The lowest BCUT2D eigenvalue weighted by Gasteiger charge is -2.27. The zero-order valence-electron chi connectivity index (χ0n) is 31.0. The van der Waals surface area contributed by atoms with Gasteiger partial charge in [0.15, 0.2) is 5.71 Å². The van der Waals surface area contributed by atoms with Gasteiger partial charge in [-0.3, -0.25) is 0 Å². The zero-order chi connectivity index (χ0) is 35.3. The Kier molecular flexibility index (Phi) is 11.0. The molecule has 0 saturated heterocycles. The molecule has 3 heteroatoms. The van der Waals surface area contributed by atoms with E-state index < -0.39 is 0 Å². The van der Waals surface area contributed by atoms with Crippen LogP contribution in [0.1, 0.15) is 97.6 Å². The SMILES string of the molecule is CCCC[NH+]=C(/C=C/C1=C(Cl)C(=C/C=C2/N(CCCC)c3ccc4ccccc4c3C2(C)C)/CCC1)C(C)(C)c1cccc2c1=CC=CC=C=2. The lowest BCUT2D eigenvalue weighted by atomic mass is 9.78. The molecule has 3 aromatic rings. The van der Waals surface area contributed by atoms with Gasteiger partial charge in [-0.25, -0.2) is 4.99 Å². The van der Waals surface area contributed by atoms with Gasteiger partial charge >= 0.3 is 0 Å². The number of rotatable bonds is 11. The van der Waals surface area contributed by atoms with Crippen LogP contribution < -0.4 is 20.3 Å². The molecule has 0 radical (unpaired) electrons. The van der Waals surface area contributed by atoms with E-state index in [2.05, 4.69) is 154 Å². The van der Waals surface area contributed by atoms with Gasteiger partial charge in [-0.2, -0.15) is 0 Å². The molecule has 0 amide bonds. The van der Waals surface area contributed by atoms with Crippen molar-refractivity contribution in [3.63, 3.8) is 0 Å². The first-order chi connectivity index (χ1) is 24.2. The summed E-state index contributed by atoms with van der Waals surface area (Å²) in [7, 11) is 0. The molecule has 0 fully saturated rings. The van der Waals surface area contributed by atoms with E-state index in [1.165, 1.54) is 61.8 Å². The Bertz CT molecular complexity index is 2110. The van der Waals surface area contributed by atoms with E-state index >= 15 is 0 Å². The predicted octanol–water partition coefficient (Wildman–Crippen LogP) is 9.37. The molecule has 0 unspecified atom stereocenters. The number of nitrogens with one attached hydrogen (secondary N) is 1. The molecule has 0 spiro atoms. The lowest BCUT2D eigenvalue weighted by molar-refractivity contribution is -0.459. The van der Waals surface area contributed by atoms with Gasteiger partial charge in [0, 0.05) is 46.1 Å². The monoisotopic (exact) mass is 681 g/mol. The Morgan fingerprint density at radius 1 is 0.960 bits per heavy atom. The van der Waals surface area contributed by atoms with Crippen molar-refractivity contribution in [3.8, 4) is 0 Å². The minimum atomic E-state index is -0.244. The van der Waals surface area contributed by atoms with Crippen LogP contribution in [0, 0.1) is 0 Å². The summed E-state index contributed by atoms with van der Waals surface area (Å²) in [6, 6.07) is 20.0. The number of anilines is 1. The largest absolute Gasteiger partial charge is 0.344 e. The highest BCUT2D eigenvalue weighted by atomic mass is 35.5. The van der Waals surface area contributed by atoms with Crippen molar-refractivity contribution < 1.29 is 4.99 Å². The van der Waals surface area contributed by atoms with Gasteiger partial charge in [0.25, 0.3) is 0 Å². The summed E-state index contributed by atoms with van der Waals surface area (Å²) in [6.45, 7) is 15.9. The van der Waals surface area contributed by atoms with Crippen LogP contribution in [0.4, 0.5) is 5.69 Å². The van der Waals surface area contributed by atoms with Crippen molar-refractivity contribution in [2.24, 2.45) is 0 Å². The van der Waals surface area contributed by atoms with Gasteiger partial charge in [0.1, 0.15) is 6.54 Å². The molecule has 6 rings (SSSR count). The van der Waals surface area contributed by atoms with Crippen molar-refractivity contribution >= 4 is 45.6 Å². The Hall–Kier alpha value is -4.10. The first kappa shape index (κ1) is 35.7. The average molecular weight is 682 g/mol. The summed E-state index contributed by atoms with van der Waals surface area (Å²) >= 11 is 7.31. The zero-order valence-corrected chi connectivity index (χ0v) is 31.8. The van der Waals surface area contributed by atoms with Crippen LogP contribution in [0.3, 0.4) is 0 Å².